The first-order valence-electron chi connectivity index (χ1n) is 15.6. The number of esters is 7. The van der Waals surface area contributed by atoms with E-state index < -0.39 is 41.8 Å². The van der Waals surface area contributed by atoms with Crippen LogP contribution in [-0.2, 0) is 20.8 Å². The summed E-state index contributed by atoms with van der Waals surface area (Å²) in [7, 11) is 0. The lowest BCUT2D eigenvalue weighted by Crippen LogP contribution is -2.15. The zero-order valence-corrected chi connectivity index (χ0v) is 26.9. The highest BCUT2D eigenvalue weighted by Crippen LogP contribution is 2.29. The van der Waals surface area contributed by atoms with Crippen LogP contribution in [0.25, 0.3) is 0 Å². The van der Waals surface area contributed by atoms with Crippen LogP contribution in [0, 0.1) is 0 Å². The van der Waals surface area contributed by atoms with Crippen LogP contribution < -0.4 is 14.8 Å². The third-order valence-corrected chi connectivity index (χ3v) is 7.96. The molecule has 53 heavy (non-hydrogen) atoms. The second kappa shape index (κ2) is 13.9. The quantitative estimate of drug-likeness (QED) is 0.0890. The Labute approximate surface area is 297 Å². The predicted molar refractivity (Wildman–Crippen MR) is 179 cm³/mol. The van der Waals surface area contributed by atoms with Gasteiger partial charge in [-0.25, -0.2) is 33.6 Å². The number of ether oxygens (including phenoxy) is 5. The van der Waals surface area contributed by atoms with Gasteiger partial charge in [-0.3, -0.25) is 4.79 Å². The van der Waals surface area contributed by atoms with Crippen LogP contribution in [-0.4, -0.2) is 47.7 Å². The molecule has 0 unspecified atom stereocenters. The van der Waals surface area contributed by atoms with Crippen molar-refractivity contribution in [3.8, 4) is 11.5 Å². The van der Waals surface area contributed by atoms with Crippen LogP contribution >= 0.6 is 0 Å². The molecule has 2 aliphatic heterocycles. The van der Waals surface area contributed by atoms with Crippen molar-refractivity contribution in [3.05, 3.63) is 159 Å². The predicted octanol–water partition coefficient (Wildman–Crippen LogP) is 5.36. The minimum Gasteiger partial charge on any atom is -0.457 e. The number of hydrogen-bond donors (Lipinski definition) is 1. The van der Waals surface area contributed by atoms with Gasteiger partial charge in [0.2, 0.25) is 0 Å². The third kappa shape index (κ3) is 7.00. The van der Waals surface area contributed by atoms with E-state index in [1.807, 2.05) is 6.07 Å². The van der Waals surface area contributed by atoms with Gasteiger partial charge in [-0.05, 0) is 84.4 Å². The Balaban J connectivity index is 1.10. The molecule has 0 spiro atoms. The number of cyclic esters (lactones) is 4. The molecule has 0 aliphatic carbocycles. The minimum atomic E-state index is -1.01. The van der Waals surface area contributed by atoms with Crippen LogP contribution in [0.5, 0.6) is 11.5 Å². The van der Waals surface area contributed by atoms with Gasteiger partial charge in [0, 0.05) is 11.3 Å². The standard InChI is InChI=1S/C39H21NO13/c41-32(40-24-4-2-1-3-5-24)21-8-6-20(7-9-21)19-49-35(44)30-18-25(50-33(42)22-10-13-26-28(16-22)38(47)52-36(26)45)12-15-31(30)51-34(43)23-11-14-27-29(17-23)39(48)53-37(27)46/h1-18H,19H2,(H,40,41). The number of fused-ring (bicyclic) bond motifs is 2. The Bertz CT molecular complexity index is 2420. The molecular weight excluding hydrogens is 690 g/mol. The summed E-state index contributed by atoms with van der Waals surface area (Å²) in [5.74, 6) is -7.40. The van der Waals surface area contributed by atoms with E-state index in [0.717, 1.165) is 18.2 Å². The van der Waals surface area contributed by atoms with E-state index in [-0.39, 0.29) is 63.0 Å². The van der Waals surface area contributed by atoms with Gasteiger partial charge in [0.05, 0.1) is 33.4 Å². The molecule has 1 N–H and O–H groups in total. The van der Waals surface area contributed by atoms with Gasteiger partial charge in [0.25, 0.3) is 5.91 Å². The number of carbonyl (C=O) groups excluding carboxylic acids is 8. The van der Waals surface area contributed by atoms with Gasteiger partial charge in [-0.1, -0.05) is 30.3 Å². The lowest BCUT2D eigenvalue weighted by molar-refractivity contribution is 0.0425. The summed E-state index contributed by atoms with van der Waals surface area (Å²) in [6.07, 6.45) is 0. The average molecular weight is 712 g/mol. The van der Waals surface area contributed by atoms with Crippen LogP contribution in [0.15, 0.2) is 109 Å². The van der Waals surface area contributed by atoms with Crippen molar-refractivity contribution in [2.24, 2.45) is 0 Å². The number of hydrogen-bond acceptors (Lipinski definition) is 13. The molecule has 14 nitrogen and oxygen atoms in total. The number of para-hydroxylation sites is 1. The Kier molecular flexibility index (Phi) is 8.83. The molecule has 0 saturated carbocycles. The first kappa shape index (κ1) is 33.7. The molecule has 2 aliphatic rings. The summed E-state index contributed by atoms with van der Waals surface area (Å²) in [6.45, 7) is -0.276. The molecule has 5 aromatic rings. The lowest BCUT2D eigenvalue weighted by Gasteiger charge is -2.13. The Morgan fingerprint density at radius 2 is 1.08 bits per heavy atom. The van der Waals surface area contributed by atoms with Crippen molar-refractivity contribution in [2.45, 2.75) is 6.61 Å². The molecule has 0 radical (unpaired) electrons. The first-order valence-corrected chi connectivity index (χ1v) is 15.6. The maximum Gasteiger partial charge on any atom is 0.346 e. The van der Waals surface area contributed by atoms with Crippen LogP contribution in [0.1, 0.15) is 88.4 Å². The monoisotopic (exact) mass is 711 g/mol. The van der Waals surface area contributed by atoms with Crippen molar-refractivity contribution < 1.29 is 62.0 Å². The smallest absolute Gasteiger partial charge is 0.346 e. The van der Waals surface area contributed by atoms with Crippen LogP contribution in [0.3, 0.4) is 0 Å². The molecule has 2 heterocycles. The average Bonchev–Trinajstić information content (AvgIpc) is 3.62. The summed E-state index contributed by atoms with van der Waals surface area (Å²) in [4.78, 5) is 99.9. The Morgan fingerprint density at radius 1 is 0.528 bits per heavy atom. The number of carbonyl (C=O) groups is 8. The van der Waals surface area contributed by atoms with Gasteiger partial charge in [0.15, 0.2) is 0 Å². The minimum absolute atomic E-state index is 0.0142. The van der Waals surface area contributed by atoms with Crippen LogP contribution in [0.4, 0.5) is 5.69 Å². The fraction of sp³-hybridized carbons (Fsp3) is 0.0256. The number of benzene rings is 5. The van der Waals surface area contributed by atoms with Crippen LogP contribution in [0.2, 0.25) is 0 Å². The molecule has 0 aromatic heterocycles. The topological polar surface area (TPSA) is 195 Å². The molecule has 0 fully saturated rings. The number of anilines is 1. The maximum absolute atomic E-state index is 13.5. The fourth-order valence-corrected chi connectivity index (χ4v) is 5.27. The largest absolute Gasteiger partial charge is 0.457 e. The highest BCUT2D eigenvalue weighted by molar-refractivity contribution is 6.16. The van der Waals surface area contributed by atoms with E-state index in [1.54, 1.807) is 48.5 Å². The Morgan fingerprint density at radius 3 is 1.68 bits per heavy atom. The van der Waals surface area contributed by atoms with E-state index >= 15 is 0 Å². The summed E-state index contributed by atoms with van der Waals surface area (Å²) in [6, 6.07) is 25.8. The van der Waals surface area contributed by atoms with Gasteiger partial charge in [-0.15, -0.1) is 0 Å². The van der Waals surface area contributed by atoms with Gasteiger partial charge >= 0.3 is 41.8 Å². The molecule has 7 rings (SSSR count). The fourth-order valence-electron chi connectivity index (χ4n) is 5.27. The number of nitrogens with one attached hydrogen (secondary N) is 1. The van der Waals surface area contributed by atoms with E-state index in [1.165, 1.54) is 36.4 Å². The SMILES string of the molecule is O=C(Nc1ccccc1)c1ccc(COC(=O)c2cc(OC(=O)c3ccc4c(c3)C(=O)OC4=O)ccc2OC(=O)c2ccc3c(c2)C(=O)OC3=O)cc1. The zero-order chi connectivity index (χ0) is 37.2. The molecule has 0 bridgehead atoms. The zero-order valence-electron chi connectivity index (χ0n) is 26.9. The van der Waals surface area contributed by atoms with Crippen molar-refractivity contribution in [3.63, 3.8) is 0 Å². The molecule has 5 aromatic carbocycles. The van der Waals surface area contributed by atoms with E-state index in [0.29, 0.717) is 16.8 Å². The van der Waals surface area contributed by atoms with Gasteiger partial charge in [0.1, 0.15) is 23.7 Å². The van der Waals surface area contributed by atoms with E-state index in [2.05, 4.69) is 14.8 Å². The second-order valence-corrected chi connectivity index (χ2v) is 11.4. The van der Waals surface area contributed by atoms with E-state index in [9.17, 15) is 38.4 Å². The molecule has 14 heteroatoms. The Hall–Kier alpha value is -7.74. The van der Waals surface area contributed by atoms with Gasteiger partial charge in [-0.2, -0.15) is 0 Å². The summed E-state index contributed by atoms with van der Waals surface area (Å²) < 4.78 is 25.5. The van der Waals surface area contributed by atoms with Crippen molar-refractivity contribution in [2.75, 3.05) is 5.32 Å². The van der Waals surface area contributed by atoms with Crippen molar-refractivity contribution in [1.82, 2.24) is 0 Å². The molecular formula is C39H21NO13. The van der Waals surface area contributed by atoms with Crippen molar-refractivity contribution in [1.29, 1.82) is 0 Å². The van der Waals surface area contributed by atoms with Crippen molar-refractivity contribution >= 4 is 53.4 Å². The molecule has 0 atom stereocenters. The summed E-state index contributed by atoms with van der Waals surface area (Å²) in [5, 5.41) is 2.77. The highest BCUT2D eigenvalue weighted by atomic mass is 16.6. The molecule has 0 saturated heterocycles. The highest BCUT2D eigenvalue weighted by Gasteiger charge is 2.32. The summed E-state index contributed by atoms with van der Waals surface area (Å²) in [5.41, 5.74) is 0.568. The maximum atomic E-state index is 13.5. The molecule has 260 valence electrons. The number of amides is 1. The van der Waals surface area contributed by atoms with Gasteiger partial charge < -0.3 is 29.0 Å². The normalized spacial score (nSPS) is 12.6. The molecule has 1 amide bonds. The second-order valence-electron chi connectivity index (χ2n) is 11.4. The number of rotatable bonds is 9. The third-order valence-electron chi connectivity index (χ3n) is 7.96. The summed E-state index contributed by atoms with van der Waals surface area (Å²) >= 11 is 0. The van der Waals surface area contributed by atoms with E-state index in [4.69, 9.17) is 14.2 Å². The lowest BCUT2D eigenvalue weighted by atomic mass is 10.1. The first-order chi connectivity index (χ1) is 25.5.